The summed E-state index contributed by atoms with van der Waals surface area (Å²) in [6, 6.07) is 95.7. The summed E-state index contributed by atoms with van der Waals surface area (Å²) in [4.78, 5) is 2.41. The number of nitrogens with zero attached hydrogens (tertiary/aromatic N) is 1. The van der Waals surface area contributed by atoms with E-state index < -0.39 is 5.41 Å². The molecule has 14 rings (SSSR count). The number of hydrogen-bond donors (Lipinski definition) is 0. The number of anilines is 3. The van der Waals surface area contributed by atoms with E-state index in [1.54, 1.807) is 0 Å². The standard InChI is InChI=1S/C67H43NO/c1-4-20-46(21-5-1)54-30-16-31-60-64(54)57-39-36-49(42-61(57)67(60,50-24-6-2-7-25-50)51-26-8-3-9-27-51)58-43-59-65-62(32-17-33-63(65)69-66(59)56-29-15-14-28-55(56)58)68(52-37-34-44-18-10-12-22-47(44)40-52)53-38-35-45-19-11-13-23-48(45)41-53/h1-43H. The molecule has 0 bridgehead atoms. The lowest BCUT2D eigenvalue weighted by Crippen LogP contribution is -2.28. The van der Waals surface area contributed by atoms with Gasteiger partial charge in [-0.15, -0.1) is 0 Å². The van der Waals surface area contributed by atoms with Gasteiger partial charge in [0.2, 0.25) is 0 Å². The van der Waals surface area contributed by atoms with E-state index in [0.717, 1.165) is 60.9 Å². The zero-order valence-electron chi connectivity index (χ0n) is 37.7. The molecule has 2 heteroatoms. The minimum Gasteiger partial charge on any atom is -0.455 e. The Bertz CT molecular complexity index is 4010. The molecule has 69 heavy (non-hydrogen) atoms. The zero-order valence-corrected chi connectivity index (χ0v) is 37.7. The highest BCUT2D eigenvalue weighted by Gasteiger charge is 2.47. The van der Waals surface area contributed by atoms with Crippen LogP contribution in [0.2, 0.25) is 0 Å². The fourth-order valence-corrected chi connectivity index (χ4v) is 11.7. The van der Waals surface area contributed by atoms with E-state index in [1.807, 2.05) is 0 Å². The second-order valence-corrected chi connectivity index (χ2v) is 18.3. The molecule has 0 radical (unpaired) electrons. The van der Waals surface area contributed by atoms with Gasteiger partial charge in [0, 0.05) is 22.1 Å². The summed E-state index contributed by atoms with van der Waals surface area (Å²) in [7, 11) is 0. The van der Waals surface area contributed by atoms with Crippen molar-refractivity contribution in [3.05, 3.63) is 283 Å². The van der Waals surface area contributed by atoms with Gasteiger partial charge in [0.15, 0.2) is 0 Å². The molecule has 0 N–H and O–H groups in total. The average molecular weight is 878 g/mol. The Labute approximate surface area is 400 Å². The van der Waals surface area contributed by atoms with Gasteiger partial charge < -0.3 is 9.32 Å². The van der Waals surface area contributed by atoms with Crippen molar-refractivity contribution in [2.45, 2.75) is 5.41 Å². The average Bonchev–Trinajstić information content (AvgIpc) is 3.96. The molecule has 1 aromatic heterocycles. The molecule has 0 unspecified atom stereocenters. The van der Waals surface area contributed by atoms with Crippen molar-refractivity contribution in [3.8, 4) is 33.4 Å². The highest BCUT2D eigenvalue weighted by Crippen LogP contribution is 2.59. The fourth-order valence-electron chi connectivity index (χ4n) is 11.7. The van der Waals surface area contributed by atoms with Gasteiger partial charge in [-0.2, -0.15) is 0 Å². The van der Waals surface area contributed by atoms with E-state index >= 15 is 0 Å². The Balaban J connectivity index is 1.05. The highest BCUT2D eigenvalue weighted by molar-refractivity contribution is 6.23. The minimum absolute atomic E-state index is 0.580. The van der Waals surface area contributed by atoms with E-state index in [9.17, 15) is 0 Å². The van der Waals surface area contributed by atoms with E-state index in [-0.39, 0.29) is 0 Å². The third kappa shape index (κ3) is 5.99. The summed E-state index contributed by atoms with van der Waals surface area (Å²) >= 11 is 0. The van der Waals surface area contributed by atoms with Crippen molar-refractivity contribution in [2.75, 3.05) is 4.90 Å². The minimum atomic E-state index is -0.580. The first-order valence-electron chi connectivity index (χ1n) is 23.8. The first-order valence-corrected chi connectivity index (χ1v) is 23.8. The third-order valence-corrected chi connectivity index (χ3v) is 14.7. The molecular formula is C67H43NO. The molecule has 1 aliphatic carbocycles. The fraction of sp³-hybridized carbons (Fsp3) is 0.0149. The van der Waals surface area contributed by atoms with Crippen molar-refractivity contribution in [1.82, 2.24) is 0 Å². The van der Waals surface area contributed by atoms with Gasteiger partial charge in [-0.05, 0) is 131 Å². The van der Waals surface area contributed by atoms with Crippen molar-refractivity contribution in [1.29, 1.82) is 0 Å². The molecule has 0 saturated carbocycles. The molecule has 322 valence electrons. The van der Waals surface area contributed by atoms with Gasteiger partial charge in [0.05, 0.1) is 16.5 Å². The summed E-state index contributed by atoms with van der Waals surface area (Å²) in [5, 5.41) is 9.18. The predicted molar refractivity (Wildman–Crippen MR) is 289 cm³/mol. The molecule has 0 atom stereocenters. The van der Waals surface area contributed by atoms with Crippen LogP contribution in [0.15, 0.2) is 265 Å². The van der Waals surface area contributed by atoms with Crippen LogP contribution in [-0.2, 0) is 5.41 Å². The maximum atomic E-state index is 7.05. The summed E-state index contributed by atoms with van der Waals surface area (Å²) < 4.78 is 7.05. The quantitative estimate of drug-likeness (QED) is 0.159. The van der Waals surface area contributed by atoms with Crippen LogP contribution in [0.3, 0.4) is 0 Å². The Morgan fingerprint density at radius 1 is 0.333 bits per heavy atom. The predicted octanol–water partition coefficient (Wildman–Crippen LogP) is 18.2. The number of furan rings is 1. The third-order valence-electron chi connectivity index (χ3n) is 14.7. The Morgan fingerprint density at radius 3 is 1.58 bits per heavy atom. The smallest absolute Gasteiger partial charge is 0.143 e. The lowest BCUT2D eigenvalue weighted by molar-refractivity contribution is 0.672. The molecule has 12 aromatic carbocycles. The molecule has 1 aliphatic rings. The SMILES string of the molecule is c1ccc(-c2cccc3c2-c2ccc(-c4cc5c(oc6cccc(N(c7ccc8ccccc8c7)c7ccc8ccccc8c7)c65)c5ccccc45)cc2C3(c2ccccc2)c2ccccc2)cc1. The van der Waals surface area contributed by atoms with Gasteiger partial charge in [0.1, 0.15) is 11.2 Å². The highest BCUT2D eigenvalue weighted by atomic mass is 16.3. The molecule has 2 nitrogen and oxygen atoms in total. The Kier molecular flexibility index (Phi) is 8.84. The lowest BCUT2D eigenvalue weighted by Gasteiger charge is -2.34. The summed E-state index contributed by atoms with van der Waals surface area (Å²) in [5.41, 5.74) is 16.7. The maximum absolute atomic E-state index is 7.05. The van der Waals surface area contributed by atoms with Crippen LogP contribution in [0.5, 0.6) is 0 Å². The molecule has 0 aliphatic heterocycles. The van der Waals surface area contributed by atoms with E-state index in [4.69, 9.17) is 4.42 Å². The molecule has 0 spiro atoms. The van der Waals surface area contributed by atoms with Gasteiger partial charge in [-0.1, -0.05) is 212 Å². The molecule has 13 aromatic rings. The first-order chi connectivity index (χ1) is 34.2. The topological polar surface area (TPSA) is 16.4 Å². The number of rotatable bonds is 7. The molecule has 0 saturated heterocycles. The van der Waals surface area contributed by atoms with Crippen LogP contribution >= 0.6 is 0 Å². The van der Waals surface area contributed by atoms with Crippen molar-refractivity contribution >= 4 is 71.3 Å². The van der Waals surface area contributed by atoms with Crippen molar-refractivity contribution < 1.29 is 4.42 Å². The van der Waals surface area contributed by atoms with Gasteiger partial charge in [-0.3, -0.25) is 0 Å². The second-order valence-electron chi connectivity index (χ2n) is 18.3. The first kappa shape index (κ1) is 39.2. The van der Waals surface area contributed by atoms with E-state index in [0.29, 0.717) is 0 Å². The maximum Gasteiger partial charge on any atom is 0.143 e. The Hall–Kier alpha value is -8.98. The Morgan fingerprint density at radius 2 is 0.913 bits per heavy atom. The molecule has 0 fully saturated rings. The largest absolute Gasteiger partial charge is 0.455 e. The van der Waals surface area contributed by atoms with Crippen molar-refractivity contribution in [3.63, 3.8) is 0 Å². The van der Waals surface area contributed by atoms with Crippen LogP contribution in [0.4, 0.5) is 17.1 Å². The number of hydrogen-bond acceptors (Lipinski definition) is 2. The second kappa shape index (κ2) is 15.6. The molecule has 1 heterocycles. The van der Waals surface area contributed by atoms with Crippen molar-refractivity contribution in [2.24, 2.45) is 0 Å². The van der Waals surface area contributed by atoms with Gasteiger partial charge in [-0.25, -0.2) is 0 Å². The summed E-state index contributed by atoms with van der Waals surface area (Å²) in [6.45, 7) is 0. The number of benzene rings is 12. The van der Waals surface area contributed by atoms with Gasteiger partial charge in [0.25, 0.3) is 0 Å². The van der Waals surface area contributed by atoms with Crippen LogP contribution in [0, 0.1) is 0 Å². The summed E-state index contributed by atoms with van der Waals surface area (Å²) in [5.74, 6) is 0. The normalized spacial score (nSPS) is 12.8. The van der Waals surface area contributed by atoms with Crippen LogP contribution in [-0.4, -0.2) is 0 Å². The van der Waals surface area contributed by atoms with E-state index in [1.165, 1.54) is 66.1 Å². The van der Waals surface area contributed by atoms with Crippen LogP contribution < -0.4 is 4.90 Å². The molecular weight excluding hydrogens is 835 g/mol. The number of fused-ring (bicyclic) bond motifs is 10. The lowest BCUT2D eigenvalue weighted by atomic mass is 9.67. The van der Waals surface area contributed by atoms with Crippen LogP contribution in [0.25, 0.3) is 87.6 Å². The summed E-state index contributed by atoms with van der Waals surface area (Å²) in [6.07, 6.45) is 0. The van der Waals surface area contributed by atoms with E-state index in [2.05, 4.69) is 266 Å². The monoisotopic (exact) mass is 877 g/mol. The van der Waals surface area contributed by atoms with Gasteiger partial charge >= 0.3 is 0 Å². The zero-order chi connectivity index (χ0) is 45.5. The molecule has 0 amide bonds. The van der Waals surface area contributed by atoms with Crippen LogP contribution in [0.1, 0.15) is 22.3 Å².